The number of halogens is 2. The number of hydrogen-bond donors (Lipinski definition) is 2. The zero-order valence-electron chi connectivity index (χ0n) is 20.2. The highest BCUT2D eigenvalue weighted by atomic mass is 79.9. The summed E-state index contributed by atoms with van der Waals surface area (Å²) < 4.78 is 22.6. The fraction of sp³-hybridized carbons (Fsp3) is 0.0714. The summed E-state index contributed by atoms with van der Waals surface area (Å²) in [5.74, 6) is -0.443. The molecule has 0 radical (unpaired) electrons. The zero-order valence-corrected chi connectivity index (χ0v) is 22.6. The summed E-state index contributed by atoms with van der Waals surface area (Å²) in [7, 11) is 0. The largest absolute Gasteiger partial charge is 0.421 e. The minimum Gasteiger partial charge on any atom is -0.421 e. The van der Waals surface area contributed by atoms with Crippen LogP contribution in [0.5, 0.6) is 11.8 Å². The molecule has 3 heterocycles. The Labute approximate surface area is 230 Å². The SMILES string of the molecule is C=CC(=O)NCc1ccc(-c2sc3c(Br)cnc(N)c3c2-c2ccc(Oc3nccc(C)n3)c(F)c2)cc1. The van der Waals surface area contributed by atoms with Crippen LogP contribution in [0.3, 0.4) is 0 Å². The topological polar surface area (TPSA) is 103 Å². The Hall–Kier alpha value is -4.15. The van der Waals surface area contributed by atoms with Crippen molar-refractivity contribution in [3.8, 4) is 33.3 Å². The number of carbonyl (C=O) groups is 1. The van der Waals surface area contributed by atoms with E-state index in [2.05, 4.69) is 42.8 Å². The first-order chi connectivity index (χ1) is 18.3. The van der Waals surface area contributed by atoms with Crippen molar-refractivity contribution in [1.29, 1.82) is 0 Å². The Kier molecular flexibility index (Phi) is 7.17. The maximum absolute atomic E-state index is 15.3. The first-order valence-electron chi connectivity index (χ1n) is 11.5. The van der Waals surface area contributed by atoms with E-state index in [4.69, 9.17) is 10.5 Å². The zero-order chi connectivity index (χ0) is 26.8. The molecule has 0 saturated heterocycles. The molecule has 3 N–H and O–H groups in total. The molecular weight excluding hydrogens is 569 g/mol. The molecule has 1 amide bonds. The molecule has 0 aliphatic heterocycles. The van der Waals surface area contributed by atoms with Gasteiger partial charge in [-0.2, -0.15) is 0 Å². The first-order valence-corrected chi connectivity index (χ1v) is 13.1. The van der Waals surface area contributed by atoms with Gasteiger partial charge in [-0.05, 0) is 63.8 Å². The standard InChI is InChI=1S/C28H21BrFN5O2S/c1-3-22(36)33-13-16-4-6-17(7-5-16)25-23(24-26(38-25)19(29)14-34-27(24)31)18-8-9-21(20(30)12-18)37-28-32-11-10-15(2)35-28/h3-12,14H,1,13H2,2H3,(H2,31,34)(H,33,36). The number of thiophene rings is 1. The van der Waals surface area contributed by atoms with Gasteiger partial charge in [-0.25, -0.2) is 19.3 Å². The molecule has 10 heteroatoms. The predicted octanol–water partition coefficient (Wildman–Crippen LogP) is 6.81. The fourth-order valence-corrected chi connectivity index (χ4v) is 5.70. The van der Waals surface area contributed by atoms with Crippen molar-refractivity contribution in [2.24, 2.45) is 0 Å². The van der Waals surface area contributed by atoms with Gasteiger partial charge in [0.2, 0.25) is 5.91 Å². The highest BCUT2D eigenvalue weighted by Gasteiger charge is 2.21. The van der Waals surface area contributed by atoms with Gasteiger partial charge in [0.15, 0.2) is 11.6 Å². The third-order valence-corrected chi connectivity index (χ3v) is 7.90. The minimum atomic E-state index is -0.562. The summed E-state index contributed by atoms with van der Waals surface area (Å²) in [4.78, 5) is 25.0. The third kappa shape index (κ3) is 5.13. The summed E-state index contributed by atoms with van der Waals surface area (Å²) in [6, 6.07) is 14.3. The van der Waals surface area contributed by atoms with Crippen LogP contribution in [0.4, 0.5) is 10.2 Å². The van der Waals surface area contributed by atoms with E-state index < -0.39 is 5.82 Å². The number of carbonyl (C=O) groups excluding carboxylic acids is 1. The number of pyridine rings is 1. The van der Waals surface area contributed by atoms with Crippen LogP contribution in [0.15, 0.2) is 78.1 Å². The minimum absolute atomic E-state index is 0.0126. The second-order valence-electron chi connectivity index (χ2n) is 8.35. The van der Waals surface area contributed by atoms with E-state index in [1.807, 2.05) is 24.3 Å². The number of hydrogen-bond acceptors (Lipinski definition) is 7. The van der Waals surface area contributed by atoms with E-state index in [1.54, 1.807) is 37.5 Å². The highest BCUT2D eigenvalue weighted by molar-refractivity contribution is 9.10. The van der Waals surface area contributed by atoms with Crippen LogP contribution >= 0.6 is 27.3 Å². The number of rotatable bonds is 7. The molecule has 0 aliphatic rings. The number of anilines is 1. The summed E-state index contributed by atoms with van der Waals surface area (Å²) >= 11 is 5.11. The van der Waals surface area contributed by atoms with Crippen LogP contribution in [0.2, 0.25) is 0 Å². The number of nitrogen functional groups attached to an aromatic ring is 1. The van der Waals surface area contributed by atoms with Gasteiger partial charge in [0, 0.05) is 40.5 Å². The van der Waals surface area contributed by atoms with Gasteiger partial charge < -0.3 is 15.8 Å². The van der Waals surface area contributed by atoms with Crippen LogP contribution in [-0.4, -0.2) is 20.9 Å². The Morgan fingerprint density at radius 1 is 1.18 bits per heavy atom. The first kappa shape index (κ1) is 25.5. The summed E-state index contributed by atoms with van der Waals surface area (Å²) in [6.07, 6.45) is 4.45. The van der Waals surface area contributed by atoms with Crippen LogP contribution < -0.4 is 15.8 Å². The monoisotopic (exact) mass is 589 g/mol. The molecule has 5 rings (SSSR count). The molecule has 0 atom stereocenters. The maximum atomic E-state index is 15.3. The number of aromatic nitrogens is 3. The average Bonchev–Trinajstić information content (AvgIpc) is 3.33. The number of nitrogens with two attached hydrogens (primary N) is 1. The number of nitrogens with zero attached hydrogens (tertiary/aromatic N) is 3. The smallest absolute Gasteiger partial charge is 0.322 e. The van der Waals surface area contributed by atoms with Crippen molar-refractivity contribution >= 4 is 49.1 Å². The molecule has 0 bridgehead atoms. The molecule has 0 spiro atoms. The maximum Gasteiger partial charge on any atom is 0.322 e. The molecule has 3 aromatic heterocycles. The third-order valence-electron chi connectivity index (χ3n) is 5.76. The molecule has 0 aliphatic carbocycles. The van der Waals surface area contributed by atoms with Crippen LogP contribution in [-0.2, 0) is 11.3 Å². The Balaban J connectivity index is 1.58. The Morgan fingerprint density at radius 3 is 2.66 bits per heavy atom. The van der Waals surface area contributed by atoms with Crippen molar-refractivity contribution in [3.05, 3.63) is 95.1 Å². The van der Waals surface area contributed by atoms with Gasteiger partial charge in [0.05, 0.1) is 9.17 Å². The average molecular weight is 590 g/mol. The fourth-order valence-electron chi connectivity index (χ4n) is 3.92. The molecule has 190 valence electrons. The van der Waals surface area contributed by atoms with Crippen molar-refractivity contribution in [2.45, 2.75) is 13.5 Å². The van der Waals surface area contributed by atoms with E-state index in [9.17, 15) is 4.79 Å². The second kappa shape index (κ2) is 10.7. The van der Waals surface area contributed by atoms with Gasteiger partial charge in [-0.1, -0.05) is 36.9 Å². The highest BCUT2D eigenvalue weighted by Crippen LogP contribution is 2.49. The number of ether oxygens (including phenoxy) is 1. The van der Waals surface area contributed by atoms with Gasteiger partial charge in [0.25, 0.3) is 0 Å². The molecular formula is C28H21BrFN5O2S. The van der Waals surface area contributed by atoms with Gasteiger partial charge in [-0.3, -0.25) is 4.79 Å². The van der Waals surface area contributed by atoms with E-state index in [1.165, 1.54) is 23.5 Å². The van der Waals surface area contributed by atoms with Crippen molar-refractivity contribution in [1.82, 2.24) is 20.3 Å². The lowest BCUT2D eigenvalue weighted by molar-refractivity contribution is -0.116. The number of aryl methyl sites for hydroxylation is 1. The van der Waals surface area contributed by atoms with E-state index in [0.29, 0.717) is 23.6 Å². The Bertz CT molecular complexity index is 1690. The van der Waals surface area contributed by atoms with Crippen molar-refractivity contribution < 1.29 is 13.9 Å². The van der Waals surface area contributed by atoms with Crippen LogP contribution in [0, 0.1) is 12.7 Å². The van der Waals surface area contributed by atoms with Crippen molar-refractivity contribution in [3.63, 3.8) is 0 Å². The molecule has 0 unspecified atom stereocenters. The van der Waals surface area contributed by atoms with E-state index in [-0.39, 0.29) is 17.7 Å². The van der Waals surface area contributed by atoms with Crippen LogP contribution in [0.25, 0.3) is 31.7 Å². The van der Waals surface area contributed by atoms with Crippen LogP contribution in [0.1, 0.15) is 11.3 Å². The lowest BCUT2D eigenvalue weighted by atomic mass is 9.98. The molecule has 2 aromatic carbocycles. The second-order valence-corrected chi connectivity index (χ2v) is 10.2. The number of amides is 1. The molecule has 7 nitrogen and oxygen atoms in total. The summed E-state index contributed by atoms with van der Waals surface area (Å²) in [5, 5.41) is 3.50. The number of nitrogens with one attached hydrogen (secondary N) is 1. The molecule has 5 aromatic rings. The summed E-state index contributed by atoms with van der Waals surface area (Å²) in [6.45, 7) is 5.65. The Morgan fingerprint density at radius 2 is 1.95 bits per heavy atom. The molecule has 0 saturated carbocycles. The van der Waals surface area contributed by atoms with Gasteiger partial charge in [-0.15, -0.1) is 11.3 Å². The normalized spacial score (nSPS) is 10.9. The van der Waals surface area contributed by atoms with E-state index in [0.717, 1.165) is 36.1 Å². The summed E-state index contributed by atoms with van der Waals surface area (Å²) in [5.41, 5.74) is 10.3. The lowest BCUT2D eigenvalue weighted by Crippen LogP contribution is -2.19. The quantitative estimate of drug-likeness (QED) is 0.202. The predicted molar refractivity (Wildman–Crippen MR) is 151 cm³/mol. The van der Waals surface area contributed by atoms with Gasteiger partial charge in [0.1, 0.15) is 5.82 Å². The lowest BCUT2D eigenvalue weighted by Gasteiger charge is -2.10. The number of benzene rings is 2. The van der Waals surface area contributed by atoms with E-state index >= 15 is 4.39 Å². The molecule has 0 fully saturated rings. The van der Waals surface area contributed by atoms with Gasteiger partial charge >= 0.3 is 6.01 Å². The number of fused-ring (bicyclic) bond motifs is 1. The van der Waals surface area contributed by atoms with Crippen molar-refractivity contribution in [2.75, 3.05) is 5.73 Å². The molecule has 38 heavy (non-hydrogen) atoms.